The summed E-state index contributed by atoms with van der Waals surface area (Å²) in [6.45, 7) is 6.26. The van der Waals surface area contributed by atoms with E-state index >= 15 is 0 Å². The van der Waals surface area contributed by atoms with E-state index in [0.29, 0.717) is 16.6 Å². The van der Waals surface area contributed by atoms with Gasteiger partial charge in [-0.25, -0.2) is 9.78 Å². The van der Waals surface area contributed by atoms with E-state index in [1.165, 1.54) is 11.8 Å². The highest BCUT2D eigenvalue weighted by molar-refractivity contribution is 6.33. The summed E-state index contributed by atoms with van der Waals surface area (Å²) in [5.41, 5.74) is 1.31. The average molecular weight is 358 g/mol. The Kier molecular flexibility index (Phi) is 5.68. The molecule has 0 radical (unpaired) electrons. The normalized spacial score (nSPS) is 17.2. The summed E-state index contributed by atoms with van der Waals surface area (Å²) in [5, 5.41) is 3.80. The van der Waals surface area contributed by atoms with E-state index in [0.717, 1.165) is 32.1 Å². The summed E-state index contributed by atoms with van der Waals surface area (Å²) in [6, 6.07) is 12.3. The number of ether oxygens (including phenoxy) is 1. The van der Waals surface area contributed by atoms with Gasteiger partial charge in [-0.2, -0.15) is 0 Å². The summed E-state index contributed by atoms with van der Waals surface area (Å²) in [4.78, 5) is 17.9. The number of hydrogen-bond acceptors (Lipinski definition) is 5. The number of likely N-dealkylation sites (tertiary alicyclic amines) is 1. The maximum absolute atomic E-state index is 11.2. The predicted molar refractivity (Wildman–Crippen MR) is 98.8 cm³/mol. The minimum absolute atomic E-state index is 0.287. The van der Waals surface area contributed by atoms with Crippen LogP contribution in [0.1, 0.15) is 12.0 Å². The molecule has 0 saturated carbocycles. The van der Waals surface area contributed by atoms with Crippen molar-refractivity contribution in [3.8, 4) is 5.75 Å². The van der Waals surface area contributed by atoms with Gasteiger partial charge in [0.2, 0.25) is 0 Å². The molecule has 0 aliphatic carbocycles. The van der Waals surface area contributed by atoms with Crippen LogP contribution in [0.15, 0.2) is 55.3 Å². The molecule has 1 atom stereocenters. The molecule has 1 N–H and O–H groups in total. The van der Waals surface area contributed by atoms with Crippen LogP contribution in [0.4, 0.5) is 5.82 Å². The number of benzene rings is 1. The number of nitrogens with zero attached hydrogens (tertiary/aromatic N) is 2. The monoisotopic (exact) mass is 357 g/mol. The molecule has 1 saturated heterocycles. The van der Waals surface area contributed by atoms with Gasteiger partial charge in [-0.15, -0.1) is 0 Å². The summed E-state index contributed by atoms with van der Waals surface area (Å²) in [5.74, 6) is 0.370. The third-order valence-electron chi connectivity index (χ3n) is 4.06. The molecule has 0 bridgehead atoms. The largest absolute Gasteiger partial charge is 0.422 e. The number of rotatable bonds is 6. The fraction of sp³-hybridized carbons (Fsp3) is 0.263. The minimum Gasteiger partial charge on any atom is -0.422 e. The number of carbonyl (C=O) groups excluding carboxylic acids is 1. The van der Waals surface area contributed by atoms with Crippen LogP contribution < -0.4 is 10.1 Å². The van der Waals surface area contributed by atoms with Crippen LogP contribution in [0.3, 0.4) is 0 Å². The van der Waals surface area contributed by atoms with Crippen molar-refractivity contribution >= 4 is 23.4 Å². The van der Waals surface area contributed by atoms with Crippen LogP contribution in [0.2, 0.25) is 5.02 Å². The van der Waals surface area contributed by atoms with E-state index < -0.39 is 5.97 Å². The molecule has 130 valence electrons. The van der Waals surface area contributed by atoms with Gasteiger partial charge in [0.15, 0.2) is 5.75 Å². The van der Waals surface area contributed by atoms with Crippen molar-refractivity contribution in [3.63, 3.8) is 0 Å². The molecule has 3 rings (SSSR count). The zero-order chi connectivity index (χ0) is 17.6. The topological polar surface area (TPSA) is 54.5 Å². The molecule has 25 heavy (non-hydrogen) atoms. The highest BCUT2D eigenvalue weighted by Gasteiger charge is 2.23. The number of hydrogen-bond donors (Lipinski definition) is 1. The van der Waals surface area contributed by atoms with Crippen molar-refractivity contribution in [1.29, 1.82) is 0 Å². The second kappa shape index (κ2) is 8.14. The molecule has 1 aromatic heterocycles. The van der Waals surface area contributed by atoms with Gasteiger partial charge in [-0.1, -0.05) is 48.5 Å². The van der Waals surface area contributed by atoms with Gasteiger partial charge in [0, 0.05) is 37.8 Å². The van der Waals surface area contributed by atoms with Crippen molar-refractivity contribution in [2.75, 3.05) is 18.4 Å². The smallest absolute Gasteiger partial charge is 0.335 e. The molecule has 2 heterocycles. The highest BCUT2D eigenvalue weighted by atomic mass is 35.5. The number of nitrogens with one attached hydrogen (secondary N) is 1. The first-order valence-corrected chi connectivity index (χ1v) is 8.54. The van der Waals surface area contributed by atoms with Crippen LogP contribution in [0.25, 0.3) is 0 Å². The SMILES string of the molecule is C=CC(=O)Oc1cnc(N[C@H]2CCN(Cc3ccccc3)C2)c(Cl)c1. The number of esters is 1. The molecule has 6 heteroatoms. The van der Waals surface area contributed by atoms with E-state index in [1.807, 2.05) is 6.07 Å². The molecule has 0 spiro atoms. The van der Waals surface area contributed by atoms with Gasteiger partial charge < -0.3 is 10.1 Å². The van der Waals surface area contributed by atoms with Crippen LogP contribution >= 0.6 is 11.6 Å². The minimum atomic E-state index is -0.536. The predicted octanol–water partition coefficient (Wildman–Crippen LogP) is 3.51. The third kappa shape index (κ3) is 4.81. The van der Waals surface area contributed by atoms with Crippen LogP contribution in [0.5, 0.6) is 5.75 Å². The molecule has 5 nitrogen and oxygen atoms in total. The summed E-state index contributed by atoms with van der Waals surface area (Å²) < 4.78 is 5.01. The van der Waals surface area contributed by atoms with E-state index in [9.17, 15) is 4.79 Å². The molecule has 1 fully saturated rings. The maximum atomic E-state index is 11.2. The van der Waals surface area contributed by atoms with Gasteiger partial charge in [0.05, 0.1) is 11.2 Å². The Balaban J connectivity index is 1.56. The van der Waals surface area contributed by atoms with Gasteiger partial charge >= 0.3 is 5.97 Å². The Bertz CT molecular complexity index is 752. The Hall–Kier alpha value is -2.37. The maximum Gasteiger partial charge on any atom is 0.335 e. The lowest BCUT2D eigenvalue weighted by molar-refractivity contribution is -0.128. The van der Waals surface area contributed by atoms with Gasteiger partial charge in [-0.05, 0) is 12.0 Å². The van der Waals surface area contributed by atoms with Crippen molar-refractivity contribution in [2.45, 2.75) is 19.0 Å². The molecule has 0 unspecified atom stereocenters. The van der Waals surface area contributed by atoms with Crippen molar-refractivity contribution in [1.82, 2.24) is 9.88 Å². The van der Waals surface area contributed by atoms with Crippen molar-refractivity contribution < 1.29 is 9.53 Å². The third-order valence-corrected chi connectivity index (χ3v) is 4.35. The number of anilines is 1. The molecule has 0 amide bonds. The summed E-state index contributed by atoms with van der Waals surface area (Å²) in [6.07, 6.45) is 3.60. The van der Waals surface area contributed by atoms with Crippen LogP contribution in [-0.4, -0.2) is 35.0 Å². The summed E-state index contributed by atoms with van der Waals surface area (Å²) in [7, 11) is 0. The zero-order valence-electron chi connectivity index (χ0n) is 13.8. The van der Waals surface area contributed by atoms with Crippen LogP contribution in [-0.2, 0) is 11.3 Å². The number of pyridine rings is 1. The van der Waals surface area contributed by atoms with Crippen LogP contribution in [0, 0.1) is 0 Å². The lowest BCUT2D eigenvalue weighted by Gasteiger charge is -2.17. The van der Waals surface area contributed by atoms with E-state index in [2.05, 4.69) is 46.0 Å². The highest BCUT2D eigenvalue weighted by Crippen LogP contribution is 2.26. The van der Waals surface area contributed by atoms with E-state index in [-0.39, 0.29) is 6.04 Å². The zero-order valence-corrected chi connectivity index (χ0v) is 14.6. The fourth-order valence-corrected chi connectivity index (χ4v) is 3.08. The Labute approximate surface area is 152 Å². The lowest BCUT2D eigenvalue weighted by Crippen LogP contribution is -2.26. The van der Waals surface area contributed by atoms with Crippen molar-refractivity contribution in [2.24, 2.45) is 0 Å². The first-order valence-electron chi connectivity index (χ1n) is 8.16. The van der Waals surface area contributed by atoms with Gasteiger partial charge in [0.25, 0.3) is 0 Å². The van der Waals surface area contributed by atoms with Gasteiger partial charge in [0.1, 0.15) is 5.82 Å². The summed E-state index contributed by atoms with van der Waals surface area (Å²) >= 11 is 6.24. The number of aromatic nitrogens is 1. The Morgan fingerprint density at radius 2 is 2.24 bits per heavy atom. The van der Waals surface area contributed by atoms with Crippen molar-refractivity contribution in [3.05, 3.63) is 65.8 Å². The first-order chi connectivity index (χ1) is 12.1. The van der Waals surface area contributed by atoms with E-state index in [4.69, 9.17) is 16.3 Å². The molecular weight excluding hydrogens is 338 g/mol. The second-order valence-corrected chi connectivity index (χ2v) is 6.38. The Morgan fingerprint density at radius 1 is 1.44 bits per heavy atom. The first kappa shape index (κ1) is 17.5. The molecule has 1 aromatic carbocycles. The number of halogens is 1. The second-order valence-electron chi connectivity index (χ2n) is 5.98. The standard InChI is InChI=1S/C19H20ClN3O2/c1-2-18(24)25-16-10-17(20)19(21-11-16)22-15-8-9-23(13-15)12-14-6-4-3-5-7-14/h2-7,10-11,15H,1,8-9,12-13H2,(H,21,22)/t15-/m0/s1. The van der Waals surface area contributed by atoms with E-state index in [1.54, 1.807) is 6.07 Å². The molecular formula is C19H20ClN3O2. The molecule has 1 aliphatic heterocycles. The molecule has 2 aromatic rings. The quantitative estimate of drug-likeness (QED) is 0.633. The average Bonchev–Trinajstić information content (AvgIpc) is 3.05. The number of carbonyl (C=O) groups is 1. The lowest BCUT2D eigenvalue weighted by atomic mass is 10.2. The molecule has 1 aliphatic rings. The fourth-order valence-electron chi connectivity index (χ4n) is 2.87. The van der Waals surface area contributed by atoms with Gasteiger partial charge in [-0.3, -0.25) is 4.90 Å². The Morgan fingerprint density at radius 3 is 2.96 bits per heavy atom.